The maximum Gasteiger partial charge on any atom is 0.408 e. The lowest BCUT2D eigenvalue weighted by Crippen LogP contribution is -2.81. The van der Waals surface area contributed by atoms with Crippen LogP contribution in [0, 0.1) is 16.7 Å². The average Bonchev–Trinajstić information content (AvgIpc) is 0.671. The van der Waals surface area contributed by atoms with E-state index in [1.165, 1.54) is 71.0 Å². The number of hydrogen-bond acceptors (Lipinski definition) is 23. The highest BCUT2D eigenvalue weighted by Crippen LogP contribution is 2.64. The van der Waals surface area contributed by atoms with Gasteiger partial charge in [0.05, 0.1) is 68.7 Å². The van der Waals surface area contributed by atoms with E-state index in [4.69, 9.17) is 52.1 Å². The Bertz CT molecular complexity index is 3210. The topological polar surface area (TPSA) is 352 Å². The van der Waals surface area contributed by atoms with Crippen molar-refractivity contribution >= 4 is 53.4 Å². The van der Waals surface area contributed by atoms with E-state index in [0.29, 0.717) is 45.8 Å². The zero-order chi connectivity index (χ0) is 68.8. The second kappa shape index (κ2) is 32.1. The Morgan fingerprint density at radius 3 is 1.99 bits per heavy atom. The third-order valence-electron chi connectivity index (χ3n) is 17.7. The molecule has 7 rings (SSSR count). The molecule has 3 aromatic carbocycles. The standard InChI is InChI=1S/C68H89N3O23/c1-40-48(36-68(83)60(92-61(80)44-23-15-12-16-24-44)58-66(9,59(79)56(78)54(40)65(68,7)8)49(74)35-50-67(58,39-89-50)93-42(3)73)90-62(81)57(55(43-21-13-11-14-22-43)71-63(82)94-64(4,5)6)91-53(77)38-88-47-27-18-17-26-46(47)87-37-52(76)70-45(41(2)72)25-19-20-29-69-51(75)28-30-85-33-34-86-32-31-84-10/h11-18,21-24,26-27,45,48-50,55-58,60,74,78,83H,19-20,25,28-39H2,1-10H3,(H,69,75)(H,70,76)(H,71,82)/t45?,48?,49-,50+,55-,56+,57?,58-,60-,66+,67-,68+/m0/s1. The summed E-state index contributed by atoms with van der Waals surface area (Å²) in [5.74, 6) is -8.25. The van der Waals surface area contributed by atoms with Gasteiger partial charge in [0.15, 0.2) is 41.9 Å². The zero-order valence-electron chi connectivity index (χ0n) is 54.9. The quantitative estimate of drug-likeness (QED) is 0.0220. The minimum atomic E-state index is -2.52. The molecule has 1 heterocycles. The number of Topliss-reactive ketones (excluding diaryl/α,β-unsaturated/α-hetero) is 2. The van der Waals surface area contributed by atoms with Crippen LogP contribution < -0.4 is 25.4 Å². The van der Waals surface area contributed by atoms with Crippen molar-refractivity contribution in [3.05, 3.63) is 107 Å². The molecular weight excluding hydrogens is 1230 g/mol. The molecule has 26 heteroatoms. The van der Waals surface area contributed by atoms with E-state index < -0.39 is 144 Å². The number of rotatable bonds is 31. The molecule has 1 aliphatic heterocycles. The van der Waals surface area contributed by atoms with Gasteiger partial charge in [-0.1, -0.05) is 74.5 Å². The van der Waals surface area contributed by atoms with Crippen LogP contribution >= 0.6 is 0 Å². The van der Waals surface area contributed by atoms with E-state index in [1.54, 1.807) is 76.4 Å². The van der Waals surface area contributed by atoms with Crippen LogP contribution in [0.15, 0.2) is 96.1 Å². The predicted molar refractivity (Wildman–Crippen MR) is 333 cm³/mol. The molecule has 3 amide bonds. The second-order valence-corrected chi connectivity index (χ2v) is 25.6. The van der Waals surface area contributed by atoms with E-state index in [0.717, 1.165) is 6.92 Å². The average molecular weight is 1320 g/mol. The molecule has 3 aliphatic carbocycles. The summed E-state index contributed by atoms with van der Waals surface area (Å²) in [6, 6.07) is 19.1. The summed E-state index contributed by atoms with van der Waals surface area (Å²) >= 11 is 0. The maximum absolute atomic E-state index is 15.4. The lowest BCUT2D eigenvalue weighted by molar-refractivity contribution is -0.346. The molecule has 0 aromatic heterocycles. The second-order valence-electron chi connectivity index (χ2n) is 25.6. The Morgan fingerprint density at radius 1 is 0.766 bits per heavy atom. The number of ether oxygens (including phenoxy) is 11. The number of unbranched alkanes of at least 4 members (excludes halogenated alkanes) is 1. The van der Waals surface area contributed by atoms with Gasteiger partial charge in [-0.15, -0.1) is 0 Å². The minimum absolute atomic E-state index is 0.0133. The Kier molecular flexibility index (Phi) is 25.1. The molecule has 0 radical (unpaired) electrons. The first-order valence-corrected chi connectivity index (χ1v) is 31.4. The fraction of sp³-hybridized carbons (Fsp3) is 0.574. The number of hydrogen-bond donors (Lipinski definition) is 6. The van der Waals surface area contributed by atoms with Gasteiger partial charge in [0, 0.05) is 45.3 Å². The van der Waals surface area contributed by atoms with E-state index in [1.807, 2.05) is 0 Å². The molecule has 2 saturated carbocycles. The van der Waals surface area contributed by atoms with E-state index in [-0.39, 0.29) is 77.9 Å². The van der Waals surface area contributed by atoms with Crippen molar-refractivity contribution in [3.8, 4) is 11.5 Å². The molecule has 3 aromatic rings. The number of esters is 4. The summed E-state index contributed by atoms with van der Waals surface area (Å²) in [7, 11) is 1.58. The monoisotopic (exact) mass is 1320 g/mol. The number of nitrogens with one attached hydrogen (secondary N) is 3. The number of methoxy groups -OCH3 is 1. The van der Waals surface area contributed by atoms with Gasteiger partial charge in [0.2, 0.25) is 12.0 Å². The van der Waals surface area contributed by atoms with Crippen molar-refractivity contribution < 1.29 is 111 Å². The summed E-state index contributed by atoms with van der Waals surface area (Å²) in [6.45, 7) is 13.4. The van der Waals surface area contributed by atoms with E-state index in [2.05, 4.69) is 16.0 Å². The summed E-state index contributed by atoms with van der Waals surface area (Å²) in [5, 5.41) is 46.7. The van der Waals surface area contributed by atoms with Gasteiger partial charge in [0.1, 0.15) is 41.7 Å². The van der Waals surface area contributed by atoms with Crippen LogP contribution in [0.2, 0.25) is 0 Å². The molecule has 0 spiro atoms. The van der Waals surface area contributed by atoms with Gasteiger partial charge in [0.25, 0.3) is 5.91 Å². The van der Waals surface area contributed by atoms with Crippen LogP contribution in [0.5, 0.6) is 11.5 Å². The Morgan fingerprint density at radius 2 is 1.38 bits per heavy atom. The van der Waals surface area contributed by atoms with E-state index in [9.17, 15) is 48.9 Å². The van der Waals surface area contributed by atoms with Gasteiger partial charge in [-0.3, -0.25) is 24.0 Å². The van der Waals surface area contributed by atoms with Gasteiger partial charge in [-0.05, 0) is 102 Å². The fourth-order valence-electron chi connectivity index (χ4n) is 12.8. The predicted octanol–water partition coefficient (Wildman–Crippen LogP) is 4.70. The van der Waals surface area contributed by atoms with Crippen molar-refractivity contribution in [1.82, 2.24) is 16.0 Å². The summed E-state index contributed by atoms with van der Waals surface area (Å²) in [5.41, 5.74) is -9.26. The molecule has 3 unspecified atom stereocenters. The summed E-state index contributed by atoms with van der Waals surface area (Å²) in [6.07, 6.45) is -11.1. The number of amides is 3. The maximum atomic E-state index is 15.4. The lowest BCUT2D eigenvalue weighted by Gasteiger charge is -2.67. The Labute approximate surface area is 546 Å². The molecular formula is C68H89N3O23. The highest BCUT2D eigenvalue weighted by molar-refractivity contribution is 5.94. The number of benzene rings is 3. The first-order valence-electron chi connectivity index (χ1n) is 31.4. The smallest absolute Gasteiger partial charge is 0.408 e. The number of alkyl carbamates (subject to hydrolysis) is 1. The Hall–Kier alpha value is -7.85. The van der Waals surface area contributed by atoms with Crippen LogP contribution in [-0.2, 0) is 76.2 Å². The number of aliphatic hydroxyl groups excluding tert-OH is 2. The number of carbonyl (C=O) groups is 9. The SMILES string of the molecule is COCCOCCOCCC(=O)NCCCCC(NC(=O)COc1ccccc1OCC(=O)OC(C(=O)OC1C[C@@]2(O)[C@@H](OC(=O)c3ccccc3)[C@@H]3[C@]4(OC(C)=O)CO[C@@H]4C[C@H](O)[C@@]3(C)C(=O)[C@H](O)C(=C1C)C2(C)C)[C@@H](NC(=O)OC(C)(C)C)c1ccccc1)C(C)=O. The molecule has 94 heavy (non-hydrogen) atoms. The lowest BCUT2D eigenvalue weighted by atomic mass is 9.44. The van der Waals surface area contributed by atoms with Crippen LogP contribution in [0.25, 0.3) is 0 Å². The van der Waals surface area contributed by atoms with Gasteiger partial charge >= 0.3 is 30.0 Å². The fourth-order valence-corrected chi connectivity index (χ4v) is 12.8. The molecule has 4 aliphatic rings. The Balaban J connectivity index is 1.12. The van der Waals surface area contributed by atoms with Crippen molar-refractivity contribution in [2.24, 2.45) is 16.7 Å². The van der Waals surface area contributed by atoms with Crippen molar-refractivity contribution in [1.29, 1.82) is 0 Å². The van der Waals surface area contributed by atoms with Gasteiger partial charge in [-0.25, -0.2) is 19.2 Å². The number of carbonyl (C=O) groups excluding carboxylic acids is 9. The summed E-state index contributed by atoms with van der Waals surface area (Å²) < 4.78 is 63.8. The van der Waals surface area contributed by atoms with Crippen molar-refractivity contribution in [2.45, 2.75) is 166 Å². The van der Waals surface area contributed by atoms with Crippen molar-refractivity contribution in [3.63, 3.8) is 0 Å². The van der Waals surface area contributed by atoms with Crippen LogP contribution in [0.4, 0.5) is 4.79 Å². The third kappa shape index (κ3) is 17.3. The zero-order valence-corrected chi connectivity index (χ0v) is 54.9. The van der Waals surface area contributed by atoms with Crippen LogP contribution in [-0.4, -0.2) is 195 Å². The number of ketones is 2. The molecule has 26 nitrogen and oxygen atoms in total. The highest BCUT2D eigenvalue weighted by atomic mass is 16.6. The molecule has 2 bridgehead atoms. The first kappa shape index (κ1) is 73.6. The van der Waals surface area contributed by atoms with Gasteiger partial charge < -0.3 is 83.4 Å². The third-order valence-corrected chi connectivity index (χ3v) is 17.7. The number of aliphatic hydroxyl groups is 3. The van der Waals surface area contributed by atoms with Crippen LogP contribution in [0.1, 0.15) is 123 Å². The van der Waals surface area contributed by atoms with E-state index >= 15 is 9.59 Å². The van der Waals surface area contributed by atoms with Crippen LogP contribution in [0.3, 0.4) is 0 Å². The van der Waals surface area contributed by atoms with Gasteiger partial charge in [-0.2, -0.15) is 0 Å². The molecule has 3 fully saturated rings. The minimum Gasteiger partial charge on any atom is -0.480 e. The molecule has 12 atom stereocenters. The largest absolute Gasteiger partial charge is 0.480 e. The number of para-hydroxylation sites is 2. The number of fused-ring (bicyclic) bond motifs is 5. The molecule has 1 saturated heterocycles. The first-order chi connectivity index (χ1) is 44.5. The molecule has 514 valence electrons. The highest BCUT2D eigenvalue weighted by Gasteiger charge is 2.78. The molecule has 6 N–H and O–H groups in total. The normalized spacial score (nSPS) is 25.3. The summed E-state index contributed by atoms with van der Waals surface area (Å²) in [4.78, 5) is 125. The van der Waals surface area contributed by atoms with Crippen molar-refractivity contribution in [2.75, 3.05) is 66.5 Å².